The number of rotatable bonds is 4. The Labute approximate surface area is 139 Å². The van der Waals surface area contributed by atoms with E-state index in [2.05, 4.69) is 14.9 Å². The van der Waals surface area contributed by atoms with Gasteiger partial charge in [0.1, 0.15) is 5.69 Å². The number of nitrogens with two attached hydrogens (primary N) is 1. The second-order valence-corrected chi connectivity index (χ2v) is 5.63. The lowest BCUT2D eigenvalue weighted by molar-refractivity contribution is 0.354. The molecule has 0 spiro atoms. The van der Waals surface area contributed by atoms with E-state index >= 15 is 0 Å². The van der Waals surface area contributed by atoms with Crippen LogP contribution in [-0.4, -0.2) is 37.9 Å². The van der Waals surface area contributed by atoms with E-state index in [1.165, 1.54) is 0 Å². The normalized spacial score (nSPS) is 13.2. The molecule has 0 unspecified atom stereocenters. The van der Waals surface area contributed by atoms with E-state index in [0.717, 1.165) is 17.1 Å². The Kier molecular flexibility index (Phi) is 4.04. The van der Waals surface area contributed by atoms with Crippen molar-refractivity contribution in [1.82, 2.24) is 9.97 Å². The molecule has 0 amide bonds. The van der Waals surface area contributed by atoms with Crippen LogP contribution in [0.1, 0.15) is 5.56 Å². The number of ether oxygens (including phenoxy) is 2. The van der Waals surface area contributed by atoms with Gasteiger partial charge in [-0.25, -0.2) is 0 Å². The van der Waals surface area contributed by atoms with E-state index in [1.807, 2.05) is 30.1 Å². The molecular weight excluding hydrogens is 318 g/mol. The zero-order valence-electron chi connectivity index (χ0n) is 13.2. The molecule has 0 bridgehead atoms. The number of nitrogens with zero attached hydrogens (tertiary/aromatic N) is 4. The molecule has 7 nitrogen and oxygen atoms in total. The maximum atomic E-state index is 6.19. The minimum atomic E-state index is 0.168. The first-order valence-electron chi connectivity index (χ1n) is 7.03. The summed E-state index contributed by atoms with van der Waals surface area (Å²) in [6, 6.07) is 5.82. The fourth-order valence-electron chi connectivity index (χ4n) is 2.70. The fraction of sp³-hybridized carbons (Fsp3) is 0.333. The van der Waals surface area contributed by atoms with E-state index in [9.17, 15) is 0 Å². The molecule has 1 aromatic heterocycles. The van der Waals surface area contributed by atoms with E-state index < -0.39 is 0 Å². The van der Waals surface area contributed by atoms with Gasteiger partial charge in [-0.05, 0) is 17.7 Å². The number of halogens is 1. The average Bonchev–Trinajstić information content (AvgIpc) is 2.83. The monoisotopic (exact) mass is 335 g/mol. The van der Waals surface area contributed by atoms with Crippen LogP contribution in [0, 0.1) is 0 Å². The van der Waals surface area contributed by atoms with Crippen molar-refractivity contribution in [1.29, 1.82) is 0 Å². The zero-order chi connectivity index (χ0) is 16.6. The third kappa shape index (κ3) is 2.79. The van der Waals surface area contributed by atoms with Gasteiger partial charge in [-0.3, -0.25) is 0 Å². The summed E-state index contributed by atoms with van der Waals surface area (Å²) in [5.74, 6) is 2.30. The van der Waals surface area contributed by atoms with Crippen LogP contribution in [-0.2, 0) is 6.54 Å². The predicted molar refractivity (Wildman–Crippen MR) is 90.5 cm³/mol. The summed E-state index contributed by atoms with van der Waals surface area (Å²) in [4.78, 5) is 12.4. The standard InChI is InChI=1S/C15H18ClN5O2/c1-20-8-21(14-12(20)13(16)18-15(17)19-14)7-9-4-5-10(22-2)11(6-9)23-3/h4-6H,7-8H2,1-3H3,(H2,17,18,19). The molecule has 1 aliphatic rings. The van der Waals surface area contributed by atoms with E-state index in [1.54, 1.807) is 14.2 Å². The maximum Gasteiger partial charge on any atom is 0.223 e. The van der Waals surface area contributed by atoms with Crippen LogP contribution in [0.5, 0.6) is 11.5 Å². The second kappa shape index (κ2) is 6.00. The van der Waals surface area contributed by atoms with Crippen molar-refractivity contribution in [2.24, 2.45) is 0 Å². The Bertz CT molecular complexity index is 740. The van der Waals surface area contributed by atoms with Crippen LogP contribution in [0.4, 0.5) is 17.5 Å². The van der Waals surface area contributed by atoms with Crippen molar-refractivity contribution < 1.29 is 9.47 Å². The SMILES string of the molecule is COc1ccc(CN2CN(C)c3c(Cl)nc(N)nc32)cc1OC. The molecule has 2 heterocycles. The molecule has 23 heavy (non-hydrogen) atoms. The first-order valence-corrected chi connectivity index (χ1v) is 7.41. The summed E-state index contributed by atoms with van der Waals surface area (Å²) < 4.78 is 10.6. The Morgan fingerprint density at radius 3 is 2.65 bits per heavy atom. The summed E-state index contributed by atoms with van der Waals surface area (Å²) in [6.07, 6.45) is 0. The smallest absolute Gasteiger partial charge is 0.223 e. The van der Waals surface area contributed by atoms with Crippen molar-refractivity contribution in [2.45, 2.75) is 6.54 Å². The van der Waals surface area contributed by atoms with Gasteiger partial charge in [0, 0.05) is 13.6 Å². The van der Waals surface area contributed by atoms with Crippen molar-refractivity contribution in [3.8, 4) is 11.5 Å². The van der Waals surface area contributed by atoms with Crippen LogP contribution in [0.2, 0.25) is 5.15 Å². The number of aromatic nitrogens is 2. The molecule has 0 fully saturated rings. The number of benzene rings is 1. The number of fused-ring (bicyclic) bond motifs is 1. The number of nitrogen functional groups attached to an aromatic ring is 1. The Balaban J connectivity index is 1.91. The van der Waals surface area contributed by atoms with Crippen molar-refractivity contribution in [3.63, 3.8) is 0 Å². The van der Waals surface area contributed by atoms with Gasteiger partial charge in [0.25, 0.3) is 0 Å². The highest BCUT2D eigenvalue weighted by molar-refractivity contribution is 6.33. The van der Waals surface area contributed by atoms with Gasteiger partial charge in [0.15, 0.2) is 22.5 Å². The molecule has 2 aromatic rings. The lowest BCUT2D eigenvalue weighted by Crippen LogP contribution is -2.27. The second-order valence-electron chi connectivity index (χ2n) is 5.27. The van der Waals surface area contributed by atoms with Gasteiger partial charge in [0.05, 0.1) is 20.9 Å². The highest BCUT2D eigenvalue weighted by Gasteiger charge is 2.29. The fourth-order valence-corrected chi connectivity index (χ4v) is 3.01. The van der Waals surface area contributed by atoms with Gasteiger partial charge < -0.3 is 25.0 Å². The average molecular weight is 336 g/mol. The molecule has 0 aliphatic carbocycles. The first-order chi connectivity index (χ1) is 11.0. The Hall–Kier alpha value is -2.41. The third-order valence-electron chi connectivity index (χ3n) is 3.73. The largest absolute Gasteiger partial charge is 0.493 e. The third-order valence-corrected chi connectivity index (χ3v) is 3.99. The van der Waals surface area contributed by atoms with Crippen molar-refractivity contribution >= 4 is 29.1 Å². The zero-order valence-corrected chi connectivity index (χ0v) is 14.0. The molecule has 122 valence electrons. The van der Waals surface area contributed by atoms with E-state index in [4.69, 9.17) is 26.8 Å². The topological polar surface area (TPSA) is 76.7 Å². The van der Waals surface area contributed by atoms with Crippen LogP contribution >= 0.6 is 11.6 Å². The molecule has 2 N–H and O–H groups in total. The molecule has 0 saturated carbocycles. The molecule has 0 atom stereocenters. The summed E-state index contributed by atoms with van der Waals surface area (Å²) in [6.45, 7) is 1.30. The maximum absolute atomic E-state index is 6.19. The van der Waals surface area contributed by atoms with Crippen LogP contribution in [0.3, 0.4) is 0 Å². The minimum absolute atomic E-state index is 0.168. The summed E-state index contributed by atoms with van der Waals surface area (Å²) in [5.41, 5.74) is 7.59. The summed E-state index contributed by atoms with van der Waals surface area (Å²) >= 11 is 6.19. The molecule has 1 aliphatic heterocycles. The van der Waals surface area contributed by atoms with Crippen LogP contribution in [0.15, 0.2) is 18.2 Å². The van der Waals surface area contributed by atoms with Gasteiger partial charge in [-0.2, -0.15) is 9.97 Å². The summed E-state index contributed by atoms with van der Waals surface area (Å²) in [5, 5.41) is 0.366. The Morgan fingerprint density at radius 1 is 1.22 bits per heavy atom. The number of methoxy groups -OCH3 is 2. The van der Waals surface area contributed by atoms with E-state index in [0.29, 0.717) is 29.9 Å². The van der Waals surface area contributed by atoms with Gasteiger partial charge in [-0.15, -0.1) is 0 Å². The summed E-state index contributed by atoms with van der Waals surface area (Å²) in [7, 11) is 5.18. The molecule has 3 rings (SSSR count). The lowest BCUT2D eigenvalue weighted by Gasteiger charge is -2.19. The molecular formula is C15H18ClN5O2. The quantitative estimate of drug-likeness (QED) is 0.858. The van der Waals surface area contributed by atoms with Gasteiger partial charge in [-0.1, -0.05) is 17.7 Å². The number of hydrogen-bond acceptors (Lipinski definition) is 7. The molecule has 0 saturated heterocycles. The molecule has 0 radical (unpaired) electrons. The highest BCUT2D eigenvalue weighted by atomic mass is 35.5. The lowest BCUT2D eigenvalue weighted by atomic mass is 10.2. The molecule has 8 heteroatoms. The number of hydrogen-bond donors (Lipinski definition) is 1. The van der Waals surface area contributed by atoms with Crippen LogP contribution < -0.4 is 25.0 Å². The predicted octanol–water partition coefficient (Wildman–Crippen LogP) is 2.14. The first kappa shape index (κ1) is 15.5. The van der Waals surface area contributed by atoms with E-state index in [-0.39, 0.29) is 5.95 Å². The van der Waals surface area contributed by atoms with Crippen molar-refractivity contribution in [2.75, 3.05) is 43.5 Å². The highest BCUT2D eigenvalue weighted by Crippen LogP contribution is 2.39. The molecule has 1 aromatic carbocycles. The van der Waals surface area contributed by atoms with Gasteiger partial charge >= 0.3 is 0 Å². The van der Waals surface area contributed by atoms with Crippen LogP contribution in [0.25, 0.3) is 0 Å². The Morgan fingerprint density at radius 2 is 1.96 bits per heavy atom. The number of anilines is 3. The van der Waals surface area contributed by atoms with Gasteiger partial charge in [0.2, 0.25) is 5.95 Å². The van der Waals surface area contributed by atoms with Crippen molar-refractivity contribution in [3.05, 3.63) is 28.9 Å². The minimum Gasteiger partial charge on any atom is -0.493 e.